The smallest absolute Gasteiger partial charge is 0.317 e. The SMILES string of the molecule is CN(C(=O)NCC1(c2ccc(F)cc2)CCOCC1)C1CCC1. The molecule has 0 aromatic heterocycles. The lowest BCUT2D eigenvalue weighted by Crippen LogP contribution is -2.51. The molecule has 0 unspecified atom stereocenters. The van der Waals surface area contributed by atoms with Gasteiger partial charge in [0.15, 0.2) is 0 Å². The van der Waals surface area contributed by atoms with E-state index in [1.807, 2.05) is 24.1 Å². The third-order valence-electron chi connectivity index (χ3n) is 5.43. The van der Waals surface area contributed by atoms with E-state index in [1.54, 1.807) is 0 Å². The van der Waals surface area contributed by atoms with Crippen LogP contribution in [-0.4, -0.2) is 43.8 Å². The maximum Gasteiger partial charge on any atom is 0.317 e. The summed E-state index contributed by atoms with van der Waals surface area (Å²) in [5, 5.41) is 3.09. The molecule has 126 valence electrons. The van der Waals surface area contributed by atoms with Gasteiger partial charge in [0.2, 0.25) is 0 Å². The molecule has 2 fully saturated rings. The average Bonchev–Trinajstić information content (AvgIpc) is 2.52. The molecule has 1 aromatic carbocycles. The number of benzene rings is 1. The van der Waals surface area contributed by atoms with Crippen LogP contribution in [0.1, 0.15) is 37.7 Å². The number of hydrogen-bond donors (Lipinski definition) is 1. The zero-order chi connectivity index (χ0) is 16.3. The van der Waals surface area contributed by atoms with E-state index in [4.69, 9.17) is 4.74 Å². The highest BCUT2D eigenvalue weighted by atomic mass is 19.1. The topological polar surface area (TPSA) is 41.6 Å². The summed E-state index contributed by atoms with van der Waals surface area (Å²) in [6.07, 6.45) is 5.08. The second-order valence-corrected chi connectivity index (χ2v) is 6.75. The van der Waals surface area contributed by atoms with Gasteiger partial charge < -0.3 is 15.0 Å². The lowest BCUT2D eigenvalue weighted by molar-refractivity contribution is 0.0497. The van der Waals surface area contributed by atoms with E-state index in [1.165, 1.54) is 18.6 Å². The zero-order valence-corrected chi connectivity index (χ0v) is 13.7. The van der Waals surface area contributed by atoms with Crippen LogP contribution in [0.15, 0.2) is 24.3 Å². The summed E-state index contributed by atoms with van der Waals surface area (Å²) in [7, 11) is 1.87. The predicted octanol–water partition coefficient (Wildman–Crippen LogP) is 3.07. The number of amides is 2. The first kappa shape index (κ1) is 16.2. The Morgan fingerprint density at radius 3 is 2.52 bits per heavy atom. The summed E-state index contributed by atoms with van der Waals surface area (Å²) in [5.74, 6) is -0.232. The van der Waals surface area contributed by atoms with Crippen molar-refractivity contribution in [3.8, 4) is 0 Å². The van der Waals surface area contributed by atoms with Gasteiger partial charge in [0.1, 0.15) is 5.82 Å². The van der Waals surface area contributed by atoms with Crippen LogP contribution in [0.2, 0.25) is 0 Å². The van der Waals surface area contributed by atoms with Crippen molar-refractivity contribution >= 4 is 6.03 Å². The number of nitrogens with zero attached hydrogens (tertiary/aromatic N) is 1. The number of ether oxygens (including phenoxy) is 1. The van der Waals surface area contributed by atoms with E-state index < -0.39 is 0 Å². The van der Waals surface area contributed by atoms with Crippen molar-refractivity contribution in [2.24, 2.45) is 0 Å². The normalized spacial score (nSPS) is 20.6. The van der Waals surface area contributed by atoms with E-state index in [-0.39, 0.29) is 17.3 Å². The Morgan fingerprint density at radius 1 is 1.30 bits per heavy atom. The van der Waals surface area contributed by atoms with E-state index in [9.17, 15) is 9.18 Å². The fraction of sp³-hybridized carbons (Fsp3) is 0.611. The molecule has 3 rings (SSSR count). The molecule has 1 aliphatic carbocycles. The van der Waals surface area contributed by atoms with Crippen molar-refractivity contribution in [1.82, 2.24) is 10.2 Å². The van der Waals surface area contributed by atoms with Crippen LogP contribution in [0.4, 0.5) is 9.18 Å². The average molecular weight is 320 g/mol. The van der Waals surface area contributed by atoms with E-state index in [0.717, 1.165) is 31.2 Å². The van der Waals surface area contributed by atoms with Crippen molar-refractivity contribution in [1.29, 1.82) is 0 Å². The van der Waals surface area contributed by atoms with Crippen LogP contribution in [-0.2, 0) is 10.2 Å². The lowest BCUT2D eigenvalue weighted by atomic mass is 9.74. The summed E-state index contributed by atoms with van der Waals surface area (Å²) >= 11 is 0. The Bertz CT molecular complexity index is 536. The van der Waals surface area contributed by atoms with Gasteiger partial charge in [-0.05, 0) is 49.8 Å². The summed E-state index contributed by atoms with van der Waals surface area (Å²) in [6.45, 7) is 1.91. The fourth-order valence-electron chi connectivity index (χ4n) is 3.44. The molecule has 1 aliphatic heterocycles. The Kier molecular flexibility index (Phi) is 4.85. The maximum atomic E-state index is 13.2. The van der Waals surface area contributed by atoms with Gasteiger partial charge in [0.05, 0.1) is 0 Å². The van der Waals surface area contributed by atoms with E-state index in [2.05, 4.69) is 5.32 Å². The number of hydrogen-bond acceptors (Lipinski definition) is 2. The minimum Gasteiger partial charge on any atom is -0.381 e. The van der Waals surface area contributed by atoms with Crippen molar-refractivity contribution in [2.75, 3.05) is 26.8 Å². The molecule has 1 saturated heterocycles. The molecule has 4 nitrogen and oxygen atoms in total. The minimum atomic E-state index is -0.232. The van der Waals surface area contributed by atoms with Crippen LogP contribution < -0.4 is 5.32 Å². The van der Waals surface area contributed by atoms with Crippen LogP contribution in [0.5, 0.6) is 0 Å². The zero-order valence-electron chi connectivity index (χ0n) is 13.7. The molecule has 5 heteroatoms. The standard InChI is InChI=1S/C18H25FN2O2/c1-21(16-3-2-4-16)17(22)20-13-18(9-11-23-12-10-18)14-5-7-15(19)8-6-14/h5-8,16H,2-4,9-13H2,1H3,(H,20,22). The molecule has 1 aromatic rings. The maximum absolute atomic E-state index is 13.2. The second kappa shape index (κ2) is 6.87. The highest BCUT2D eigenvalue weighted by Gasteiger charge is 2.35. The molecule has 0 atom stereocenters. The van der Waals surface area contributed by atoms with Gasteiger partial charge in [-0.1, -0.05) is 12.1 Å². The fourth-order valence-corrected chi connectivity index (χ4v) is 3.44. The van der Waals surface area contributed by atoms with Gasteiger partial charge >= 0.3 is 6.03 Å². The Balaban J connectivity index is 1.69. The third kappa shape index (κ3) is 3.50. The van der Waals surface area contributed by atoms with Gasteiger partial charge in [0.25, 0.3) is 0 Å². The third-order valence-corrected chi connectivity index (χ3v) is 5.43. The van der Waals surface area contributed by atoms with E-state index >= 15 is 0 Å². The molecule has 1 saturated carbocycles. The summed E-state index contributed by atoms with van der Waals surface area (Å²) in [4.78, 5) is 14.2. The number of urea groups is 1. The molecule has 0 radical (unpaired) electrons. The highest BCUT2D eigenvalue weighted by Crippen LogP contribution is 2.34. The van der Waals surface area contributed by atoms with Crippen LogP contribution in [0.3, 0.4) is 0 Å². The van der Waals surface area contributed by atoms with Crippen LogP contribution >= 0.6 is 0 Å². The van der Waals surface area contributed by atoms with E-state index in [0.29, 0.717) is 25.8 Å². The van der Waals surface area contributed by atoms with Crippen LogP contribution in [0.25, 0.3) is 0 Å². The van der Waals surface area contributed by atoms with Gasteiger partial charge in [0, 0.05) is 38.3 Å². The molecule has 1 heterocycles. The summed E-state index contributed by atoms with van der Waals surface area (Å²) < 4.78 is 18.7. The first-order valence-corrected chi connectivity index (χ1v) is 8.45. The molecule has 2 aliphatic rings. The molecule has 1 N–H and O–H groups in total. The van der Waals surface area contributed by atoms with Crippen molar-refractivity contribution in [3.05, 3.63) is 35.6 Å². The molecular formula is C18H25FN2O2. The summed E-state index contributed by atoms with van der Waals surface area (Å²) in [6, 6.07) is 7.03. The number of rotatable bonds is 4. The van der Waals surface area contributed by atoms with Crippen molar-refractivity contribution in [3.63, 3.8) is 0 Å². The Morgan fingerprint density at radius 2 is 1.96 bits per heavy atom. The van der Waals surface area contributed by atoms with Crippen molar-refractivity contribution < 1.29 is 13.9 Å². The van der Waals surface area contributed by atoms with Gasteiger partial charge in [-0.25, -0.2) is 9.18 Å². The predicted molar refractivity (Wildman–Crippen MR) is 86.9 cm³/mol. The first-order chi connectivity index (χ1) is 11.1. The number of carbonyl (C=O) groups excluding carboxylic acids is 1. The highest BCUT2D eigenvalue weighted by molar-refractivity contribution is 5.74. The summed E-state index contributed by atoms with van der Waals surface area (Å²) in [5.41, 5.74) is 0.913. The number of carbonyl (C=O) groups is 1. The Hall–Kier alpha value is -1.62. The number of halogens is 1. The lowest BCUT2D eigenvalue weighted by Gasteiger charge is -2.39. The Labute approximate surface area is 137 Å². The molecular weight excluding hydrogens is 295 g/mol. The first-order valence-electron chi connectivity index (χ1n) is 8.45. The van der Waals surface area contributed by atoms with Gasteiger partial charge in [-0.2, -0.15) is 0 Å². The van der Waals surface area contributed by atoms with Crippen molar-refractivity contribution in [2.45, 2.75) is 43.6 Å². The second-order valence-electron chi connectivity index (χ2n) is 6.75. The minimum absolute atomic E-state index is 0.0114. The van der Waals surface area contributed by atoms with Gasteiger partial charge in [-0.15, -0.1) is 0 Å². The molecule has 23 heavy (non-hydrogen) atoms. The number of nitrogens with one attached hydrogen (secondary N) is 1. The quantitative estimate of drug-likeness (QED) is 0.926. The molecule has 0 bridgehead atoms. The van der Waals surface area contributed by atoms with Crippen LogP contribution in [0, 0.1) is 5.82 Å². The molecule has 0 spiro atoms. The monoisotopic (exact) mass is 320 g/mol. The van der Waals surface area contributed by atoms with Gasteiger partial charge in [-0.3, -0.25) is 0 Å². The largest absolute Gasteiger partial charge is 0.381 e. The molecule has 2 amide bonds.